The molecule has 1 aliphatic rings. The molecule has 1 fully saturated rings. The van der Waals surface area contributed by atoms with Crippen molar-refractivity contribution in [3.63, 3.8) is 0 Å². The average molecular weight is 284 g/mol. The van der Waals surface area contributed by atoms with E-state index in [4.69, 9.17) is 0 Å². The lowest BCUT2D eigenvalue weighted by Gasteiger charge is -2.20. The number of anilines is 1. The second kappa shape index (κ2) is 5.54. The monoisotopic (exact) mass is 284 g/mol. The molecule has 0 spiro atoms. The van der Waals surface area contributed by atoms with Crippen LogP contribution in [0.1, 0.15) is 6.42 Å². The molecule has 104 valence electrons. The molecule has 0 radical (unpaired) electrons. The molecular weight excluding hydrogens is 268 g/mol. The maximum absolute atomic E-state index is 12.5. The molecule has 7 nitrogen and oxygen atoms in total. The minimum Gasteiger partial charge on any atom is -0.387 e. The van der Waals surface area contributed by atoms with Crippen molar-refractivity contribution in [1.82, 2.24) is 14.6 Å². The van der Waals surface area contributed by atoms with Crippen LogP contribution in [0.3, 0.4) is 0 Å². The minimum atomic E-state index is -3.71. The van der Waals surface area contributed by atoms with Crippen molar-refractivity contribution in [2.24, 2.45) is 0 Å². The van der Waals surface area contributed by atoms with E-state index in [1.165, 1.54) is 16.7 Å². The normalized spacial score (nSPS) is 17.6. The first-order valence-corrected chi connectivity index (χ1v) is 7.38. The van der Waals surface area contributed by atoms with Crippen molar-refractivity contribution in [3.05, 3.63) is 18.5 Å². The van der Waals surface area contributed by atoms with E-state index in [0.717, 1.165) is 0 Å². The van der Waals surface area contributed by atoms with Gasteiger partial charge in [-0.2, -0.15) is 4.31 Å². The first kappa shape index (κ1) is 13.8. The summed E-state index contributed by atoms with van der Waals surface area (Å²) >= 11 is 0. The smallest absolute Gasteiger partial charge is 0.247 e. The first-order valence-electron chi connectivity index (χ1n) is 5.94. The van der Waals surface area contributed by atoms with Gasteiger partial charge in [0.2, 0.25) is 15.9 Å². The van der Waals surface area contributed by atoms with Gasteiger partial charge in [0, 0.05) is 32.5 Å². The number of nitrogens with one attached hydrogen (secondary N) is 2. The lowest BCUT2D eigenvalue weighted by Crippen LogP contribution is -2.37. The number of pyridine rings is 1. The van der Waals surface area contributed by atoms with Crippen LogP contribution in [-0.4, -0.2) is 50.3 Å². The van der Waals surface area contributed by atoms with Crippen molar-refractivity contribution in [2.45, 2.75) is 11.3 Å². The van der Waals surface area contributed by atoms with Crippen LogP contribution in [-0.2, 0) is 14.8 Å². The number of amides is 1. The number of sulfonamides is 1. The van der Waals surface area contributed by atoms with Gasteiger partial charge in [-0.05, 0) is 12.5 Å². The fourth-order valence-corrected chi connectivity index (χ4v) is 3.49. The van der Waals surface area contributed by atoms with Gasteiger partial charge in [-0.1, -0.05) is 0 Å². The number of hydrogen-bond donors (Lipinski definition) is 2. The molecule has 0 atom stereocenters. The molecule has 1 amide bonds. The van der Waals surface area contributed by atoms with Gasteiger partial charge in [-0.25, -0.2) is 8.42 Å². The molecule has 19 heavy (non-hydrogen) atoms. The van der Waals surface area contributed by atoms with Crippen LogP contribution in [0.4, 0.5) is 5.69 Å². The van der Waals surface area contributed by atoms with Gasteiger partial charge in [0.05, 0.1) is 12.2 Å². The number of carbonyl (C=O) groups is 1. The van der Waals surface area contributed by atoms with Crippen molar-refractivity contribution in [1.29, 1.82) is 0 Å². The lowest BCUT2D eigenvalue weighted by atomic mass is 10.4. The maximum atomic E-state index is 12.5. The molecule has 0 aromatic carbocycles. The van der Waals surface area contributed by atoms with Crippen molar-refractivity contribution in [2.75, 3.05) is 32.0 Å². The van der Waals surface area contributed by atoms with Gasteiger partial charge in [-0.15, -0.1) is 0 Å². The molecule has 0 unspecified atom stereocenters. The Morgan fingerprint density at radius 2 is 2.26 bits per heavy atom. The highest BCUT2D eigenvalue weighted by molar-refractivity contribution is 7.89. The van der Waals surface area contributed by atoms with Gasteiger partial charge in [-0.3, -0.25) is 9.78 Å². The molecule has 1 aromatic rings. The summed E-state index contributed by atoms with van der Waals surface area (Å²) in [6.45, 7) is 0.663. The Morgan fingerprint density at radius 3 is 3.00 bits per heavy atom. The van der Waals surface area contributed by atoms with Gasteiger partial charge in [0.25, 0.3) is 0 Å². The summed E-state index contributed by atoms with van der Waals surface area (Å²) in [5.74, 6) is -0.282. The molecule has 2 rings (SSSR count). The molecule has 2 N–H and O–H groups in total. The highest BCUT2D eigenvalue weighted by atomic mass is 32.2. The Hall–Kier alpha value is -1.67. The number of rotatable bonds is 3. The van der Waals surface area contributed by atoms with Gasteiger partial charge in [0.1, 0.15) is 4.90 Å². The quantitative estimate of drug-likeness (QED) is 0.790. The van der Waals surface area contributed by atoms with Crippen LogP contribution in [0, 0.1) is 0 Å². The molecule has 8 heteroatoms. The predicted molar refractivity (Wildman–Crippen MR) is 70.2 cm³/mol. The number of carbonyl (C=O) groups excluding carboxylic acids is 1. The van der Waals surface area contributed by atoms with Crippen molar-refractivity contribution in [3.8, 4) is 0 Å². The maximum Gasteiger partial charge on any atom is 0.247 e. The van der Waals surface area contributed by atoms with E-state index in [9.17, 15) is 13.2 Å². The third-order valence-corrected chi connectivity index (χ3v) is 4.77. The van der Waals surface area contributed by atoms with Crippen LogP contribution in [0.25, 0.3) is 0 Å². The van der Waals surface area contributed by atoms with Crippen molar-refractivity contribution >= 4 is 21.6 Å². The predicted octanol–water partition coefficient (Wildman–Crippen LogP) is -0.366. The summed E-state index contributed by atoms with van der Waals surface area (Å²) in [6.07, 6.45) is 3.41. The molecule has 0 bridgehead atoms. The zero-order chi connectivity index (χ0) is 13.9. The molecule has 1 saturated heterocycles. The van der Waals surface area contributed by atoms with Crippen LogP contribution < -0.4 is 10.6 Å². The molecule has 0 aliphatic carbocycles. The Balaban J connectivity index is 2.38. The molecule has 0 saturated carbocycles. The zero-order valence-corrected chi connectivity index (χ0v) is 11.4. The van der Waals surface area contributed by atoms with Crippen LogP contribution in [0.15, 0.2) is 23.4 Å². The minimum absolute atomic E-state index is 0.0900. The summed E-state index contributed by atoms with van der Waals surface area (Å²) in [5.41, 5.74) is 0.472. The Kier molecular flexibility index (Phi) is 4.01. The number of hydrogen-bond acceptors (Lipinski definition) is 5. The van der Waals surface area contributed by atoms with E-state index in [2.05, 4.69) is 15.6 Å². The van der Waals surface area contributed by atoms with Gasteiger partial charge >= 0.3 is 0 Å². The van der Waals surface area contributed by atoms with Gasteiger partial charge < -0.3 is 10.6 Å². The fraction of sp³-hybridized carbons (Fsp3) is 0.455. The second-order valence-electron chi connectivity index (χ2n) is 4.16. The first-order chi connectivity index (χ1) is 9.05. The van der Waals surface area contributed by atoms with Crippen LogP contribution in [0.5, 0.6) is 0 Å². The average Bonchev–Trinajstić information content (AvgIpc) is 2.64. The van der Waals surface area contributed by atoms with E-state index in [-0.39, 0.29) is 17.3 Å². The third-order valence-electron chi connectivity index (χ3n) is 2.90. The summed E-state index contributed by atoms with van der Waals surface area (Å²) in [5, 5.41) is 5.47. The Bertz CT molecular complexity index is 573. The van der Waals surface area contributed by atoms with E-state index >= 15 is 0 Å². The molecule has 1 aliphatic heterocycles. The van der Waals surface area contributed by atoms with Crippen LogP contribution >= 0.6 is 0 Å². The molecular formula is C11H16N4O3S. The Morgan fingerprint density at radius 1 is 1.47 bits per heavy atom. The van der Waals surface area contributed by atoms with E-state index in [1.807, 2.05) is 0 Å². The summed E-state index contributed by atoms with van der Waals surface area (Å²) in [6, 6.07) is 1.59. The largest absolute Gasteiger partial charge is 0.387 e. The highest BCUT2D eigenvalue weighted by Crippen LogP contribution is 2.23. The zero-order valence-electron chi connectivity index (χ0n) is 10.6. The van der Waals surface area contributed by atoms with Gasteiger partial charge in [0.15, 0.2) is 0 Å². The summed E-state index contributed by atoms with van der Waals surface area (Å²) < 4.78 is 26.3. The lowest BCUT2D eigenvalue weighted by molar-refractivity contribution is -0.120. The summed E-state index contributed by atoms with van der Waals surface area (Å²) in [7, 11) is -2.07. The van der Waals surface area contributed by atoms with Crippen LogP contribution in [0.2, 0.25) is 0 Å². The molecule has 1 aromatic heterocycles. The molecule has 2 heterocycles. The third kappa shape index (κ3) is 2.85. The number of nitrogens with zero attached hydrogens (tertiary/aromatic N) is 2. The number of aromatic nitrogens is 1. The van der Waals surface area contributed by atoms with Crippen molar-refractivity contribution < 1.29 is 13.2 Å². The fourth-order valence-electron chi connectivity index (χ4n) is 1.91. The highest BCUT2D eigenvalue weighted by Gasteiger charge is 2.29. The van der Waals surface area contributed by atoms with E-state index < -0.39 is 10.0 Å². The topological polar surface area (TPSA) is 91.4 Å². The van der Waals surface area contributed by atoms with E-state index in [0.29, 0.717) is 25.2 Å². The second-order valence-corrected chi connectivity index (χ2v) is 6.07. The summed E-state index contributed by atoms with van der Waals surface area (Å²) in [4.78, 5) is 15.4. The van der Waals surface area contributed by atoms with E-state index in [1.54, 1.807) is 13.1 Å². The Labute approximate surface area is 112 Å². The standard InChI is InChI=1S/C11H16N4O3S/c1-12-9-3-5-13-7-10(9)19(17,18)15-6-2-4-14-11(16)8-15/h3,5,7H,2,4,6,8H2,1H3,(H,12,13)(H,14,16). The SMILES string of the molecule is CNc1ccncc1S(=O)(=O)N1CCCNC(=O)C1.